The molecule has 1 N–H and O–H groups in total. The maximum atomic E-state index is 12.7. The van der Waals surface area contributed by atoms with Gasteiger partial charge in [0.1, 0.15) is 11.7 Å². The van der Waals surface area contributed by atoms with Gasteiger partial charge in [-0.25, -0.2) is 4.79 Å². The number of amides is 4. The average molecular weight is 352 g/mol. The van der Waals surface area contributed by atoms with E-state index in [0.29, 0.717) is 6.61 Å². The second-order valence-corrected chi connectivity index (χ2v) is 6.04. The van der Waals surface area contributed by atoms with Crippen molar-refractivity contribution in [2.24, 2.45) is 5.92 Å². The molecule has 3 rings (SSSR count). The fraction of sp³-hybridized carbons (Fsp3) is 0.250. The second kappa shape index (κ2) is 7.82. The summed E-state index contributed by atoms with van der Waals surface area (Å²) in [7, 11) is 0. The highest BCUT2D eigenvalue weighted by atomic mass is 16.5. The molecule has 134 valence electrons. The van der Waals surface area contributed by atoms with Gasteiger partial charge < -0.3 is 4.74 Å². The third-order valence-corrected chi connectivity index (χ3v) is 4.21. The number of nitrogens with one attached hydrogen (secondary N) is 1. The lowest BCUT2D eigenvalue weighted by Gasteiger charge is -2.30. The van der Waals surface area contributed by atoms with Crippen molar-refractivity contribution in [3.05, 3.63) is 65.7 Å². The van der Waals surface area contributed by atoms with Gasteiger partial charge in [-0.05, 0) is 36.6 Å². The normalized spacial score (nSPS) is 17.2. The molecule has 1 aliphatic rings. The predicted octanol–water partition coefficient (Wildman–Crippen LogP) is 2.52. The van der Waals surface area contributed by atoms with Crippen LogP contribution in [0.5, 0.6) is 5.75 Å². The molecule has 26 heavy (non-hydrogen) atoms. The molecule has 2 aromatic carbocycles. The number of barbiturate groups is 1. The third kappa shape index (κ3) is 3.91. The smallest absolute Gasteiger partial charge is 0.331 e. The summed E-state index contributed by atoms with van der Waals surface area (Å²) >= 11 is 0. The summed E-state index contributed by atoms with van der Waals surface area (Å²) in [6, 6.07) is 15.8. The summed E-state index contributed by atoms with van der Waals surface area (Å²) in [6.45, 7) is 2.61. The van der Waals surface area contributed by atoms with Crippen LogP contribution in [0.2, 0.25) is 0 Å². The standard InChI is InChI=1S/C20H20N2O4/c1-2-26-16-10-8-14(9-11-16)12-17-18(23)21-20(25)22(19(17)24)13-15-6-4-3-5-7-15/h3-11,17H,2,12-13H2,1H3,(H,21,23,25)/t17-/m1/s1. The van der Waals surface area contributed by atoms with Crippen LogP contribution in [-0.4, -0.2) is 29.4 Å². The number of carbonyl (C=O) groups excluding carboxylic acids is 3. The van der Waals surface area contributed by atoms with Crippen molar-refractivity contribution in [2.75, 3.05) is 6.61 Å². The molecule has 6 heteroatoms. The average Bonchev–Trinajstić information content (AvgIpc) is 2.65. The predicted molar refractivity (Wildman–Crippen MR) is 95.3 cm³/mol. The molecule has 0 spiro atoms. The van der Waals surface area contributed by atoms with Gasteiger partial charge in [0.15, 0.2) is 0 Å². The number of imide groups is 2. The molecule has 0 bridgehead atoms. The largest absolute Gasteiger partial charge is 0.494 e. The van der Waals surface area contributed by atoms with E-state index in [-0.39, 0.29) is 13.0 Å². The van der Waals surface area contributed by atoms with Crippen LogP contribution in [0.4, 0.5) is 4.79 Å². The summed E-state index contributed by atoms with van der Waals surface area (Å²) in [5.74, 6) is -1.22. The fourth-order valence-electron chi connectivity index (χ4n) is 2.88. The van der Waals surface area contributed by atoms with E-state index in [1.54, 1.807) is 12.1 Å². The number of rotatable bonds is 6. The Balaban J connectivity index is 1.74. The second-order valence-electron chi connectivity index (χ2n) is 6.04. The van der Waals surface area contributed by atoms with Gasteiger partial charge in [-0.2, -0.15) is 0 Å². The summed E-state index contributed by atoms with van der Waals surface area (Å²) in [5, 5.41) is 2.28. The first-order chi connectivity index (χ1) is 12.6. The zero-order valence-corrected chi connectivity index (χ0v) is 14.5. The van der Waals surface area contributed by atoms with Gasteiger partial charge in [0.25, 0.3) is 0 Å². The van der Waals surface area contributed by atoms with E-state index in [0.717, 1.165) is 21.8 Å². The highest BCUT2D eigenvalue weighted by molar-refractivity contribution is 6.16. The highest BCUT2D eigenvalue weighted by Crippen LogP contribution is 2.20. The van der Waals surface area contributed by atoms with Crippen LogP contribution >= 0.6 is 0 Å². The summed E-state index contributed by atoms with van der Waals surface area (Å²) < 4.78 is 5.39. The van der Waals surface area contributed by atoms with Crippen molar-refractivity contribution in [3.8, 4) is 5.75 Å². The number of urea groups is 1. The molecule has 1 aliphatic heterocycles. The summed E-state index contributed by atoms with van der Waals surface area (Å²) in [4.78, 5) is 38.1. The van der Waals surface area contributed by atoms with Crippen LogP contribution in [-0.2, 0) is 22.6 Å². The minimum absolute atomic E-state index is 0.137. The van der Waals surface area contributed by atoms with E-state index in [1.807, 2.05) is 49.4 Å². The molecule has 6 nitrogen and oxygen atoms in total. The van der Waals surface area contributed by atoms with Crippen LogP contribution in [0.1, 0.15) is 18.1 Å². The van der Waals surface area contributed by atoms with Crippen LogP contribution in [0, 0.1) is 5.92 Å². The van der Waals surface area contributed by atoms with Gasteiger partial charge in [-0.3, -0.25) is 19.8 Å². The molecule has 4 amide bonds. The number of carbonyl (C=O) groups is 3. The topological polar surface area (TPSA) is 75.7 Å². The molecule has 1 saturated heterocycles. The number of ether oxygens (including phenoxy) is 1. The quantitative estimate of drug-likeness (QED) is 0.811. The lowest BCUT2D eigenvalue weighted by molar-refractivity contribution is -0.142. The van der Waals surface area contributed by atoms with Crippen molar-refractivity contribution in [1.82, 2.24) is 10.2 Å². The van der Waals surface area contributed by atoms with Crippen LogP contribution in [0.25, 0.3) is 0 Å². The Morgan fingerprint density at radius 2 is 1.65 bits per heavy atom. The van der Waals surface area contributed by atoms with Crippen LogP contribution in [0.3, 0.4) is 0 Å². The first-order valence-electron chi connectivity index (χ1n) is 8.50. The Kier molecular flexibility index (Phi) is 5.31. The number of benzene rings is 2. The van der Waals surface area contributed by atoms with Gasteiger partial charge >= 0.3 is 6.03 Å². The van der Waals surface area contributed by atoms with E-state index >= 15 is 0 Å². The number of nitrogens with zero attached hydrogens (tertiary/aromatic N) is 1. The molecular weight excluding hydrogens is 332 g/mol. The first kappa shape index (κ1) is 17.7. The van der Waals surface area contributed by atoms with E-state index < -0.39 is 23.8 Å². The zero-order chi connectivity index (χ0) is 18.5. The highest BCUT2D eigenvalue weighted by Gasteiger charge is 2.40. The minimum Gasteiger partial charge on any atom is -0.494 e. The van der Waals surface area contributed by atoms with Crippen molar-refractivity contribution >= 4 is 17.8 Å². The molecule has 0 aliphatic carbocycles. The van der Waals surface area contributed by atoms with Gasteiger partial charge in [0.05, 0.1) is 13.2 Å². The Morgan fingerprint density at radius 1 is 0.962 bits per heavy atom. The molecule has 2 aromatic rings. The number of hydrogen-bond acceptors (Lipinski definition) is 4. The fourth-order valence-corrected chi connectivity index (χ4v) is 2.88. The molecular formula is C20H20N2O4. The Hall–Kier alpha value is -3.15. The molecule has 0 saturated carbocycles. The van der Waals surface area contributed by atoms with Crippen LogP contribution in [0.15, 0.2) is 54.6 Å². The lowest BCUT2D eigenvalue weighted by atomic mass is 9.95. The maximum absolute atomic E-state index is 12.7. The SMILES string of the molecule is CCOc1ccc(C[C@@H]2C(=O)NC(=O)N(Cc3ccccc3)C2=O)cc1. The Bertz CT molecular complexity index is 802. The minimum atomic E-state index is -0.922. The van der Waals surface area contributed by atoms with Crippen molar-refractivity contribution in [3.63, 3.8) is 0 Å². The zero-order valence-electron chi connectivity index (χ0n) is 14.5. The maximum Gasteiger partial charge on any atom is 0.331 e. The Labute approximate surface area is 151 Å². The monoisotopic (exact) mass is 352 g/mol. The molecule has 1 heterocycles. The van der Waals surface area contributed by atoms with Crippen molar-refractivity contribution in [2.45, 2.75) is 19.9 Å². The molecule has 0 unspecified atom stereocenters. The Morgan fingerprint density at radius 3 is 2.31 bits per heavy atom. The van der Waals surface area contributed by atoms with E-state index in [2.05, 4.69) is 5.32 Å². The lowest BCUT2D eigenvalue weighted by Crippen LogP contribution is -2.57. The van der Waals surface area contributed by atoms with Gasteiger partial charge in [0, 0.05) is 0 Å². The van der Waals surface area contributed by atoms with Crippen molar-refractivity contribution in [1.29, 1.82) is 0 Å². The van der Waals surface area contributed by atoms with Crippen LogP contribution < -0.4 is 10.1 Å². The van der Waals surface area contributed by atoms with E-state index in [9.17, 15) is 14.4 Å². The van der Waals surface area contributed by atoms with E-state index in [1.165, 1.54) is 0 Å². The summed E-state index contributed by atoms with van der Waals surface area (Å²) in [5.41, 5.74) is 1.65. The summed E-state index contributed by atoms with van der Waals surface area (Å²) in [6.07, 6.45) is 0.232. The van der Waals surface area contributed by atoms with Gasteiger partial charge in [-0.15, -0.1) is 0 Å². The van der Waals surface area contributed by atoms with Crippen molar-refractivity contribution < 1.29 is 19.1 Å². The molecule has 1 atom stereocenters. The van der Waals surface area contributed by atoms with E-state index in [4.69, 9.17) is 4.74 Å². The first-order valence-corrected chi connectivity index (χ1v) is 8.50. The van der Waals surface area contributed by atoms with Gasteiger partial charge in [0.2, 0.25) is 11.8 Å². The van der Waals surface area contributed by atoms with Gasteiger partial charge in [-0.1, -0.05) is 42.5 Å². The number of hydrogen-bond donors (Lipinski definition) is 1. The molecule has 1 fully saturated rings. The molecule has 0 radical (unpaired) electrons. The third-order valence-electron chi connectivity index (χ3n) is 4.21. The molecule has 0 aromatic heterocycles.